The van der Waals surface area contributed by atoms with Crippen LogP contribution in [0.2, 0.25) is 0 Å². The molecule has 1 aliphatic heterocycles. The molecule has 0 spiro atoms. The summed E-state index contributed by atoms with van der Waals surface area (Å²) in [5.41, 5.74) is 0.0894. The van der Waals surface area contributed by atoms with Crippen LogP contribution in [0.4, 0.5) is 4.20 Å². The largest absolute Gasteiger partial charge is 0.217 e. The first-order chi connectivity index (χ1) is 5.15. The maximum atomic E-state index is 13.4. The molecule has 0 unspecified atom stereocenters. The highest BCUT2D eigenvalue weighted by Gasteiger charge is 2.49. The predicted octanol–water partition coefficient (Wildman–Crippen LogP) is 4.67. The maximum absolute atomic E-state index is 13.4. The Bertz CT molecular complexity index is 203. The fraction of sp³-hybridized carbons (Fsp3) is 0.800. The van der Waals surface area contributed by atoms with Crippen LogP contribution < -0.4 is 0 Å². The number of allylic oxidation sites excluding steroid dienone is 2. The van der Waals surface area contributed by atoms with Gasteiger partial charge in [-0.15, -0.1) is 0 Å². The molecule has 0 fully saturated rings. The molecule has 70 valence electrons. The smallest absolute Gasteiger partial charge is 0.138 e. The minimum Gasteiger partial charge on any atom is -0.217 e. The van der Waals surface area contributed by atoms with Gasteiger partial charge in [-0.05, 0) is 10.8 Å². The van der Waals surface area contributed by atoms with E-state index < -0.39 is 8.23 Å². The van der Waals surface area contributed by atoms with E-state index in [1.807, 2.05) is 0 Å². The van der Waals surface area contributed by atoms with Gasteiger partial charge in [0.15, 0.2) is 0 Å². The summed E-state index contributed by atoms with van der Waals surface area (Å²) < 4.78 is 13.4. The van der Waals surface area contributed by atoms with E-state index in [4.69, 9.17) is 0 Å². The molecule has 12 heavy (non-hydrogen) atoms. The van der Waals surface area contributed by atoms with Gasteiger partial charge in [0.05, 0.1) is 0 Å². The summed E-state index contributed by atoms with van der Waals surface area (Å²) >= 11 is 0. The van der Waals surface area contributed by atoms with Crippen molar-refractivity contribution >= 4 is 8.23 Å². The quantitative estimate of drug-likeness (QED) is 0.484. The van der Waals surface area contributed by atoms with Crippen molar-refractivity contribution in [1.82, 2.24) is 0 Å². The molecule has 0 aromatic rings. The fourth-order valence-electron chi connectivity index (χ4n) is 1.44. The molecule has 0 bridgehead atoms. The van der Waals surface area contributed by atoms with E-state index in [1.165, 1.54) is 0 Å². The Morgan fingerprint density at radius 3 is 1.17 bits per heavy atom. The summed E-state index contributed by atoms with van der Waals surface area (Å²) in [4.78, 5) is 0. The standard InChI is InChI=1S/C10H18FP/c1-9(2,3)7-8(12(7)11)10(4,5)6/h1-6H3. The van der Waals surface area contributed by atoms with Crippen molar-refractivity contribution in [2.75, 3.05) is 0 Å². The average molecular weight is 188 g/mol. The summed E-state index contributed by atoms with van der Waals surface area (Å²) in [6.07, 6.45) is 0. The van der Waals surface area contributed by atoms with Gasteiger partial charge >= 0.3 is 0 Å². The minimum atomic E-state index is -1.34. The topological polar surface area (TPSA) is 0 Å². The number of rotatable bonds is 0. The van der Waals surface area contributed by atoms with Crippen molar-refractivity contribution in [2.24, 2.45) is 10.8 Å². The van der Waals surface area contributed by atoms with Crippen LogP contribution in [0.1, 0.15) is 41.5 Å². The van der Waals surface area contributed by atoms with Gasteiger partial charge in [0.2, 0.25) is 0 Å². The van der Waals surface area contributed by atoms with Gasteiger partial charge in [-0.3, -0.25) is 0 Å². The Morgan fingerprint density at radius 1 is 0.833 bits per heavy atom. The highest BCUT2D eigenvalue weighted by molar-refractivity contribution is 7.69. The first-order valence-electron chi connectivity index (χ1n) is 4.37. The van der Waals surface area contributed by atoms with E-state index in [9.17, 15) is 4.20 Å². The molecule has 2 heteroatoms. The van der Waals surface area contributed by atoms with Crippen LogP contribution in [0.5, 0.6) is 0 Å². The maximum Gasteiger partial charge on any atom is 0.138 e. The van der Waals surface area contributed by atoms with Gasteiger partial charge in [-0.25, -0.2) is 4.20 Å². The van der Waals surface area contributed by atoms with E-state index in [1.54, 1.807) is 0 Å². The Hall–Kier alpha value is 0.100. The van der Waals surface area contributed by atoms with Crippen molar-refractivity contribution in [2.45, 2.75) is 41.5 Å². The molecular weight excluding hydrogens is 170 g/mol. The van der Waals surface area contributed by atoms with Crippen LogP contribution >= 0.6 is 8.23 Å². The average Bonchev–Trinajstić information content (AvgIpc) is 2.35. The Kier molecular flexibility index (Phi) is 2.16. The predicted molar refractivity (Wildman–Crippen MR) is 54.0 cm³/mol. The highest BCUT2D eigenvalue weighted by atomic mass is 31.2. The van der Waals surface area contributed by atoms with E-state index in [2.05, 4.69) is 41.5 Å². The SMILES string of the molecule is CC(C)(C)C1=C(C(C)(C)C)P1F. The molecule has 1 rings (SSSR count). The molecule has 0 radical (unpaired) electrons. The lowest BCUT2D eigenvalue weighted by molar-refractivity contribution is 0.502. The zero-order valence-electron chi connectivity index (χ0n) is 8.83. The summed E-state index contributed by atoms with van der Waals surface area (Å²) in [7, 11) is -1.34. The van der Waals surface area contributed by atoms with Crippen molar-refractivity contribution in [3.63, 3.8) is 0 Å². The van der Waals surface area contributed by atoms with Crippen LogP contribution in [-0.2, 0) is 0 Å². The molecule has 0 aromatic heterocycles. The van der Waals surface area contributed by atoms with Gasteiger partial charge in [0, 0.05) is 10.6 Å². The Labute approximate surface area is 76.1 Å². The Balaban J connectivity index is 2.90. The molecule has 0 aromatic carbocycles. The van der Waals surface area contributed by atoms with Crippen LogP contribution in [0.25, 0.3) is 0 Å². The normalized spacial score (nSPS) is 20.2. The molecule has 0 amide bonds. The van der Waals surface area contributed by atoms with Gasteiger partial charge in [-0.1, -0.05) is 41.5 Å². The van der Waals surface area contributed by atoms with Crippen LogP contribution in [0.3, 0.4) is 0 Å². The minimum absolute atomic E-state index is 0.0447. The third-order valence-electron chi connectivity index (χ3n) is 1.99. The van der Waals surface area contributed by atoms with Gasteiger partial charge < -0.3 is 0 Å². The second kappa shape index (κ2) is 2.54. The van der Waals surface area contributed by atoms with Gasteiger partial charge in [-0.2, -0.15) is 0 Å². The summed E-state index contributed by atoms with van der Waals surface area (Å²) in [6, 6.07) is 0. The lowest BCUT2D eigenvalue weighted by atomic mass is 9.89. The second-order valence-corrected chi connectivity index (χ2v) is 6.93. The van der Waals surface area contributed by atoms with Crippen molar-refractivity contribution in [3.8, 4) is 0 Å². The lowest BCUT2D eigenvalue weighted by Crippen LogP contribution is -2.04. The zero-order chi connectivity index (χ0) is 9.73. The molecule has 1 heterocycles. The number of hydrogen-bond donors (Lipinski definition) is 0. The van der Waals surface area contributed by atoms with Gasteiger partial charge in [0.1, 0.15) is 8.23 Å². The molecular formula is C10H18FP. The molecule has 1 aliphatic rings. The summed E-state index contributed by atoms with van der Waals surface area (Å²) in [5.74, 6) is 0. The van der Waals surface area contributed by atoms with E-state index >= 15 is 0 Å². The van der Waals surface area contributed by atoms with Crippen LogP contribution in [0.15, 0.2) is 10.6 Å². The third-order valence-corrected chi connectivity index (χ3v) is 4.34. The molecule has 0 nitrogen and oxygen atoms in total. The first-order valence-corrected chi connectivity index (χ1v) is 5.60. The summed E-state index contributed by atoms with van der Waals surface area (Å²) in [5, 5.41) is 2.18. The Morgan fingerprint density at radius 2 is 1.08 bits per heavy atom. The molecule has 0 saturated heterocycles. The number of halogens is 1. The van der Waals surface area contributed by atoms with Crippen LogP contribution in [-0.4, -0.2) is 0 Å². The number of hydrogen-bond acceptors (Lipinski definition) is 0. The molecule has 0 N–H and O–H groups in total. The first kappa shape index (κ1) is 10.2. The lowest BCUT2D eigenvalue weighted by Gasteiger charge is -2.14. The van der Waals surface area contributed by atoms with Crippen molar-refractivity contribution in [3.05, 3.63) is 10.6 Å². The highest BCUT2D eigenvalue weighted by Crippen LogP contribution is 2.80. The second-order valence-electron chi connectivity index (χ2n) is 5.48. The molecule has 0 aliphatic carbocycles. The van der Waals surface area contributed by atoms with Crippen molar-refractivity contribution in [1.29, 1.82) is 0 Å². The monoisotopic (exact) mass is 188 g/mol. The van der Waals surface area contributed by atoms with Crippen molar-refractivity contribution < 1.29 is 4.20 Å². The van der Waals surface area contributed by atoms with Crippen LogP contribution in [0, 0.1) is 10.8 Å². The van der Waals surface area contributed by atoms with Gasteiger partial charge in [0.25, 0.3) is 0 Å². The molecule has 0 saturated carbocycles. The summed E-state index contributed by atoms with van der Waals surface area (Å²) in [6.45, 7) is 12.6. The third kappa shape index (κ3) is 1.71. The van der Waals surface area contributed by atoms with E-state index in [0.29, 0.717) is 0 Å². The molecule has 0 atom stereocenters. The fourth-order valence-corrected chi connectivity index (χ4v) is 3.70. The van der Waals surface area contributed by atoms with E-state index in [-0.39, 0.29) is 10.8 Å². The zero-order valence-corrected chi connectivity index (χ0v) is 9.72. The van der Waals surface area contributed by atoms with E-state index in [0.717, 1.165) is 10.6 Å².